The van der Waals surface area contributed by atoms with E-state index in [9.17, 15) is 9.59 Å². The van der Waals surface area contributed by atoms with Crippen LogP contribution in [0.2, 0.25) is 0 Å². The van der Waals surface area contributed by atoms with Gasteiger partial charge in [-0.3, -0.25) is 4.79 Å². The van der Waals surface area contributed by atoms with Gasteiger partial charge in [0.2, 0.25) is 5.69 Å². The van der Waals surface area contributed by atoms with Crippen molar-refractivity contribution in [2.45, 2.75) is 26.8 Å². The van der Waals surface area contributed by atoms with Gasteiger partial charge in [-0.1, -0.05) is 42.5 Å². The van der Waals surface area contributed by atoms with Crippen LogP contribution in [0.15, 0.2) is 59.4 Å². The minimum Gasteiger partial charge on any atom is -1.00 e. The number of rotatable bonds is 9. The Morgan fingerprint density at radius 3 is 2.15 bits per heavy atom. The number of halogens is 2. The number of hydrogen-bond acceptors (Lipinski definition) is 3. The van der Waals surface area contributed by atoms with Gasteiger partial charge in [0, 0.05) is 0 Å². The molecule has 0 bridgehead atoms. The van der Waals surface area contributed by atoms with Crippen LogP contribution in [0, 0.1) is 0 Å². The maximum atomic E-state index is 13.1. The lowest BCUT2D eigenvalue weighted by Gasteiger charge is -2.31. The lowest BCUT2D eigenvalue weighted by atomic mass is 10.0. The van der Waals surface area contributed by atoms with Crippen LogP contribution >= 0.6 is 0 Å². The van der Waals surface area contributed by atoms with E-state index in [1.54, 1.807) is 4.68 Å². The van der Waals surface area contributed by atoms with E-state index >= 15 is 0 Å². The minimum absolute atomic E-state index is 0. The summed E-state index contributed by atoms with van der Waals surface area (Å²) in [5.41, 5.74) is 1.94. The van der Waals surface area contributed by atoms with Crippen LogP contribution in [-0.4, -0.2) is 48.4 Å². The molecule has 0 unspecified atom stereocenters. The number of quaternary nitrogens is 1. The Kier molecular flexibility index (Phi) is 12.0. The Balaban J connectivity index is 0.00000272. The fraction of sp³-hybridized carbons (Fsp3) is 0.400. The summed E-state index contributed by atoms with van der Waals surface area (Å²) in [5.74, 6) is -0.391. The normalized spacial score (nSPS) is 10.9. The van der Waals surface area contributed by atoms with E-state index in [4.69, 9.17) is 4.74 Å². The van der Waals surface area contributed by atoms with E-state index in [1.807, 2.05) is 49.5 Å². The molecule has 0 spiro atoms. The monoisotopic (exact) mass is 677 g/mol. The lowest BCUT2D eigenvalue weighted by molar-refractivity contribution is -0.906. The largest absolute Gasteiger partial charge is 1.00 e. The molecule has 0 fully saturated rings. The zero-order valence-electron chi connectivity index (χ0n) is 19.8. The number of nitrogens with zero attached hydrogens (tertiary/aromatic N) is 3. The second-order valence-corrected chi connectivity index (χ2v) is 8.24. The average Bonchev–Trinajstić information content (AvgIpc) is 2.80. The van der Waals surface area contributed by atoms with Crippen molar-refractivity contribution in [3.05, 3.63) is 76.2 Å². The number of fused-ring (bicyclic) bond motifs is 1. The molecule has 0 amide bonds. The summed E-state index contributed by atoms with van der Waals surface area (Å²) in [6.07, 6.45) is 0.663. The number of esters is 1. The number of carbonyl (C=O) groups excluding carboxylic acids is 1. The van der Waals surface area contributed by atoms with Gasteiger partial charge in [-0.25, -0.2) is 4.79 Å². The quantitative estimate of drug-likeness (QED) is 0.102. The van der Waals surface area contributed by atoms with Gasteiger partial charge in [0.25, 0.3) is 0 Å². The highest BCUT2D eigenvalue weighted by atomic mass is 127. The van der Waals surface area contributed by atoms with E-state index < -0.39 is 5.97 Å². The predicted octanol–water partition coefficient (Wildman–Crippen LogP) is -3.55. The van der Waals surface area contributed by atoms with Crippen molar-refractivity contribution < 1.29 is 66.6 Å². The number of hydrogen-bond donors (Lipinski definition) is 0. The molecule has 180 valence electrons. The van der Waals surface area contributed by atoms with Crippen molar-refractivity contribution in [3.63, 3.8) is 0 Å². The predicted molar refractivity (Wildman–Crippen MR) is 122 cm³/mol. The molecular formula is C25H33I2N3O3. The van der Waals surface area contributed by atoms with E-state index in [2.05, 4.69) is 33.0 Å². The van der Waals surface area contributed by atoms with Crippen LogP contribution in [0.5, 0.6) is 0 Å². The van der Waals surface area contributed by atoms with Crippen molar-refractivity contribution in [2.24, 2.45) is 7.05 Å². The van der Waals surface area contributed by atoms with Gasteiger partial charge in [0.15, 0.2) is 13.6 Å². The Labute approximate surface area is 230 Å². The molecule has 0 aliphatic heterocycles. The fourth-order valence-electron chi connectivity index (χ4n) is 3.78. The van der Waals surface area contributed by atoms with E-state index in [1.165, 1.54) is 4.68 Å². The van der Waals surface area contributed by atoms with Gasteiger partial charge >= 0.3 is 11.5 Å². The first-order valence-corrected chi connectivity index (χ1v) is 10.9. The van der Waals surface area contributed by atoms with E-state index in [0.29, 0.717) is 18.4 Å². The second-order valence-electron chi connectivity index (χ2n) is 8.24. The van der Waals surface area contributed by atoms with Crippen molar-refractivity contribution in [3.8, 4) is 0 Å². The molecule has 0 atom stereocenters. The fourth-order valence-corrected chi connectivity index (χ4v) is 3.78. The summed E-state index contributed by atoms with van der Waals surface area (Å²) in [7, 11) is 3.99. The number of benzene rings is 2. The maximum Gasteiger partial charge on any atom is 0.332 e. The van der Waals surface area contributed by atoms with E-state index in [-0.39, 0.29) is 60.1 Å². The molecule has 3 aromatic rings. The van der Waals surface area contributed by atoms with Crippen molar-refractivity contribution >= 4 is 16.7 Å². The standard InChI is InChI=1S/C25H33N3O3.2HI/c1-5-28(4,6-2)16-17-31-24(29)19-27-25(30)22-15-11-10-14-21(22)23(26(27)3)18-20-12-8-7-9-13-20;;/h7-15H,5-6,16-19H2,1-4H3;2*1H/q+2;;/p-2. The minimum atomic E-state index is -0.391. The highest BCUT2D eigenvalue weighted by Gasteiger charge is 2.24. The van der Waals surface area contributed by atoms with Crippen LogP contribution in [0.3, 0.4) is 0 Å². The number of likely N-dealkylation sites (N-methyl/N-ethyl adjacent to an activating group) is 1. The Hall–Kier alpha value is -1.53. The molecule has 0 aliphatic rings. The van der Waals surface area contributed by atoms with Crippen LogP contribution in [-0.2, 0) is 29.5 Å². The first kappa shape index (κ1) is 29.5. The SMILES string of the molecule is CC[N+](C)(CC)CCOC(=O)Cn1c(=O)c2ccccc2c(Cc2ccccc2)[n+]1C.[I-].[I-]. The molecule has 3 rings (SSSR count). The summed E-state index contributed by atoms with van der Waals surface area (Å²) in [4.78, 5) is 25.7. The Bertz CT molecular complexity index is 1110. The van der Waals surface area contributed by atoms with Crippen molar-refractivity contribution in [2.75, 3.05) is 33.3 Å². The average molecular weight is 677 g/mol. The van der Waals surface area contributed by atoms with Gasteiger partial charge in [0.05, 0.1) is 37.3 Å². The van der Waals surface area contributed by atoms with Gasteiger partial charge in [-0.05, 0) is 31.5 Å². The molecule has 0 radical (unpaired) electrons. The van der Waals surface area contributed by atoms with Gasteiger partial charge in [-0.15, -0.1) is 9.36 Å². The number of aromatic nitrogens is 2. The molecule has 8 heteroatoms. The molecule has 0 N–H and O–H groups in total. The number of ether oxygens (including phenoxy) is 1. The molecule has 6 nitrogen and oxygen atoms in total. The third-order valence-corrected chi connectivity index (χ3v) is 6.37. The molecule has 1 aromatic heterocycles. The van der Waals surface area contributed by atoms with Gasteiger partial charge in [0.1, 0.15) is 13.2 Å². The van der Waals surface area contributed by atoms with E-state index in [0.717, 1.165) is 40.8 Å². The van der Waals surface area contributed by atoms with Crippen molar-refractivity contribution in [1.82, 2.24) is 4.68 Å². The molecule has 0 aliphatic carbocycles. The third kappa shape index (κ3) is 7.22. The smallest absolute Gasteiger partial charge is 0.332 e. The first-order chi connectivity index (χ1) is 14.9. The zero-order chi connectivity index (χ0) is 22.4. The topological polar surface area (TPSA) is 52.2 Å². The van der Waals surface area contributed by atoms with Crippen LogP contribution in [0.25, 0.3) is 10.8 Å². The highest BCUT2D eigenvalue weighted by molar-refractivity contribution is 5.83. The maximum absolute atomic E-state index is 13.1. The lowest BCUT2D eigenvalue weighted by Crippen LogP contribution is -3.00. The van der Waals surface area contributed by atoms with Crippen LogP contribution in [0.1, 0.15) is 25.1 Å². The van der Waals surface area contributed by atoms with Crippen LogP contribution in [0.4, 0.5) is 0 Å². The molecule has 0 saturated heterocycles. The van der Waals surface area contributed by atoms with Crippen molar-refractivity contribution in [1.29, 1.82) is 0 Å². The summed E-state index contributed by atoms with van der Waals surface area (Å²) in [6.45, 7) is 7.23. The first-order valence-electron chi connectivity index (χ1n) is 10.9. The Morgan fingerprint density at radius 2 is 1.55 bits per heavy atom. The zero-order valence-corrected chi connectivity index (χ0v) is 24.1. The summed E-state index contributed by atoms with van der Waals surface area (Å²) in [6, 6.07) is 17.7. The molecule has 33 heavy (non-hydrogen) atoms. The summed E-state index contributed by atoms with van der Waals surface area (Å²) < 4.78 is 9.63. The van der Waals surface area contributed by atoms with Gasteiger partial charge in [-0.2, -0.15) is 0 Å². The summed E-state index contributed by atoms with van der Waals surface area (Å²) >= 11 is 0. The molecule has 0 saturated carbocycles. The summed E-state index contributed by atoms with van der Waals surface area (Å²) in [5, 5.41) is 1.52. The molecule has 1 heterocycles. The molecule has 2 aromatic carbocycles. The highest BCUT2D eigenvalue weighted by Crippen LogP contribution is 2.16. The second kappa shape index (κ2) is 13.4. The Morgan fingerprint density at radius 1 is 0.970 bits per heavy atom. The van der Waals surface area contributed by atoms with Gasteiger partial charge < -0.3 is 57.2 Å². The van der Waals surface area contributed by atoms with Crippen LogP contribution < -0.4 is 58.2 Å². The molecular weight excluding hydrogens is 644 g/mol. The third-order valence-electron chi connectivity index (χ3n) is 6.37. The number of carbonyl (C=O) groups is 1.